The Balaban J connectivity index is 2.10. The van der Waals surface area contributed by atoms with E-state index in [4.69, 9.17) is 44.9 Å². The lowest BCUT2D eigenvalue weighted by atomic mass is 10.1. The van der Waals surface area contributed by atoms with Gasteiger partial charge in [0.05, 0.1) is 24.4 Å². The number of carbonyl (C=O) groups is 2. The fraction of sp³-hybridized carbons (Fsp3) is 0.227. The predicted molar refractivity (Wildman–Crippen MR) is 126 cm³/mol. The van der Waals surface area contributed by atoms with Crippen LogP contribution in [0.2, 0.25) is 10.0 Å². The van der Waals surface area contributed by atoms with Gasteiger partial charge in [-0.05, 0) is 74.1 Å². The van der Waals surface area contributed by atoms with E-state index in [-0.39, 0.29) is 10.7 Å². The topological polar surface area (TPSA) is 59.1 Å². The number of hydrogen-bond donors (Lipinski definition) is 0. The molecule has 1 heterocycles. The number of ether oxygens (including phenoxy) is 2. The smallest absolute Gasteiger partial charge is 0.270 e. The first kappa shape index (κ1) is 23.1. The van der Waals surface area contributed by atoms with Crippen LogP contribution in [0.15, 0.2) is 42.0 Å². The molecule has 1 aliphatic heterocycles. The standard InChI is InChI=1S/C22H20Cl2N2O4S/c1-4-25-20(27)16(10-13-11-17(24)19(30-5-2)18(12-13)29-3)21(28)26(22(25)31)15-8-6-14(23)7-9-15/h6-12H,4-5H2,1-3H3/b16-10+. The summed E-state index contributed by atoms with van der Waals surface area (Å²) in [5.74, 6) is -0.221. The van der Waals surface area contributed by atoms with Gasteiger partial charge in [0, 0.05) is 11.6 Å². The van der Waals surface area contributed by atoms with E-state index < -0.39 is 11.8 Å². The predicted octanol–water partition coefficient (Wildman–Crippen LogP) is 4.96. The SMILES string of the molecule is CCOc1c(Cl)cc(/C=C2\C(=O)N(CC)C(=S)N(c3ccc(Cl)cc3)C2=O)cc1OC. The van der Waals surface area contributed by atoms with E-state index in [1.54, 1.807) is 43.3 Å². The first-order valence-electron chi connectivity index (χ1n) is 9.50. The van der Waals surface area contributed by atoms with Gasteiger partial charge < -0.3 is 9.47 Å². The molecular weight excluding hydrogens is 459 g/mol. The number of likely N-dealkylation sites (N-methyl/N-ethyl adjacent to an activating group) is 1. The van der Waals surface area contributed by atoms with E-state index in [2.05, 4.69) is 0 Å². The molecule has 0 aromatic heterocycles. The zero-order chi connectivity index (χ0) is 22.7. The highest BCUT2D eigenvalue weighted by Crippen LogP contribution is 2.37. The van der Waals surface area contributed by atoms with Crippen molar-refractivity contribution >= 4 is 64.1 Å². The summed E-state index contributed by atoms with van der Waals surface area (Å²) >= 11 is 17.7. The van der Waals surface area contributed by atoms with Gasteiger partial charge in [0.15, 0.2) is 16.6 Å². The largest absolute Gasteiger partial charge is 0.493 e. The Morgan fingerprint density at radius 3 is 2.32 bits per heavy atom. The maximum absolute atomic E-state index is 13.3. The number of rotatable bonds is 6. The van der Waals surface area contributed by atoms with E-state index in [1.165, 1.54) is 23.0 Å². The number of halogens is 2. The molecule has 0 unspecified atom stereocenters. The van der Waals surface area contributed by atoms with E-state index in [9.17, 15) is 9.59 Å². The zero-order valence-corrected chi connectivity index (χ0v) is 19.5. The Labute approximate surface area is 195 Å². The molecule has 2 amide bonds. The molecule has 0 radical (unpaired) electrons. The second-order valence-electron chi connectivity index (χ2n) is 6.47. The van der Waals surface area contributed by atoms with Crippen LogP contribution in [0.3, 0.4) is 0 Å². The van der Waals surface area contributed by atoms with Crippen molar-refractivity contribution in [2.75, 3.05) is 25.2 Å². The van der Waals surface area contributed by atoms with Crippen molar-refractivity contribution in [1.29, 1.82) is 0 Å². The normalized spacial score (nSPS) is 15.6. The molecule has 0 saturated carbocycles. The summed E-state index contributed by atoms with van der Waals surface area (Å²) in [6.07, 6.45) is 1.47. The highest BCUT2D eigenvalue weighted by atomic mass is 35.5. The molecule has 3 rings (SSSR count). The van der Waals surface area contributed by atoms with E-state index in [0.29, 0.717) is 45.9 Å². The Hall–Kier alpha value is -2.61. The number of hydrogen-bond acceptors (Lipinski definition) is 5. The zero-order valence-electron chi connectivity index (χ0n) is 17.1. The van der Waals surface area contributed by atoms with Crippen molar-refractivity contribution in [3.63, 3.8) is 0 Å². The lowest BCUT2D eigenvalue weighted by Crippen LogP contribution is -2.56. The van der Waals surface area contributed by atoms with Crippen molar-refractivity contribution in [2.45, 2.75) is 13.8 Å². The Kier molecular flexibility index (Phi) is 7.20. The van der Waals surface area contributed by atoms with Gasteiger partial charge in [-0.15, -0.1) is 0 Å². The van der Waals surface area contributed by atoms with Crippen LogP contribution >= 0.6 is 35.4 Å². The molecule has 2 aromatic carbocycles. The summed E-state index contributed by atoms with van der Waals surface area (Å²) in [4.78, 5) is 29.0. The Morgan fingerprint density at radius 2 is 1.74 bits per heavy atom. The van der Waals surface area contributed by atoms with E-state index in [0.717, 1.165) is 0 Å². The average Bonchev–Trinajstić information content (AvgIpc) is 2.74. The van der Waals surface area contributed by atoms with Gasteiger partial charge in [0.1, 0.15) is 5.57 Å². The molecule has 6 nitrogen and oxygen atoms in total. The second kappa shape index (κ2) is 9.68. The minimum atomic E-state index is -0.536. The average molecular weight is 479 g/mol. The van der Waals surface area contributed by atoms with Gasteiger partial charge in [0.2, 0.25) is 0 Å². The molecule has 162 valence electrons. The number of benzene rings is 2. The maximum Gasteiger partial charge on any atom is 0.270 e. The van der Waals surface area contributed by atoms with Crippen molar-refractivity contribution < 1.29 is 19.1 Å². The molecule has 9 heteroatoms. The first-order valence-corrected chi connectivity index (χ1v) is 10.7. The van der Waals surface area contributed by atoms with Crippen molar-refractivity contribution in [3.05, 3.63) is 57.6 Å². The third-order valence-electron chi connectivity index (χ3n) is 4.58. The molecule has 0 bridgehead atoms. The van der Waals surface area contributed by atoms with Crippen LogP contribution in [-0.2, 0) is 9.59 Å². The Morgan fingerprint density at radius 1 is 1.06 bits per heavy atom. The summed E-state index contributed by atoms with van der Waals surface area (Å²) in [6.45, 7) is 4.33. The summed E-state index contributed by atoms with van der Waals surface area (Å²) in [7, 11) is 1.49. The number of anilines is 1. The van der Waals surface area contributed by atoms with Crippen molar-refractivity contribution in [1.82, 2.24) is 4.90 Å². The number of nitrogens with zero attached hydrogens (tertiary/aromatic N) is 2. The maximum atomic E-state index is 13.3. The first-order chi connectivity index (χ1) is 14.8. The van der Waals surface area contributed by atoms with Crippen LogP contribution in [0.5, 0.6) is 11.5 Å². The number of thiocarbonyl (C=S) groups is 1. The summed E-state index contributed by atoms with van der Waals surface area (Å²) in [6, 6.07) is 9.91. The van der Waals surface area contributed by atoms with E-state index >= 15 is 0 Å². The Bertz CT molecular complexity index is 1070. The van der Waals surface area contributed by atoms with Crippen molar-refractivity contribution in [3.8, 4) is 11.5 Å². The molecule has 1 saturated heterocycles. The monoisotopic (exact) mass is 478 g/mol. The van der Waals surface area contributed by atoms with Gasteiger partial charge in [-0.25, -0.2) is 0 Å². The highest BCUT2D eigenvalue weighted by molar-refractivity contribution is 7.80. The minimum Gasteiger partial charge on any atom is -0.493 e. The minimum absolute atomic E-state index is 0.0484. The quantitative estimate of drug-likeness (QED) is 0.333. The molecular formula is C22H20Cl2N2O4S. The van der Waals surface area contributed by atoms with E-state index in [1.807, 2.05) is 6.92 Å². The second-order valence-corrected chi connectivity index (χ2v) is 7.68. The van der Waals surface area contributed by atoms with Gasteiger partial charge in [0.25, 0.3) is 11.8 Å². The molecule has 1 aliphatic rings. The summed E-state index contributed by atoms with van der Waals surface area (Å²) in [5.41, 5.74) is 0.980. The lowest BCUT2D eigenvalue weighted by molar-refractivity contribution is -0.127. The number of amides is 2. The molecule has 1 fully saturated rings. The molecule has 0 spiro atoms. The van der Waals surface area contributed by atoms with Crippen molar-refractivity contribution in [2.24, 2.45) is 0 Å². The molecule has 31 heavy (non-hydrogen) atoms. The summed E-state index contributed by atoms with van der Waals surface area (Å²) in [5, 5.41) is 0.940. The third kappa shape index (κ3) is 4.54. The number of methoxy groups -OCH3 is 1. The fourth-order valence-electron chi connectivity index (χ4n) is 3.15. The van der Waals surface area contributed by atoms with Gasteiger partial charge >= 0.3 is 0 Å². The molecule has 2 aromatic rings. The number of carbonyl (C=O) groups excluding carboxylic acids is 2. The van der Waals surface area contributed by atoms with Crippen LogP contribution < -0.4 is 14.4 Å². The van der Waals surface area contributed by atoms with Gasteiger partial charge in [-0.1, -0.05) is 23.2 Å². The van der Waals surface area contributed by atoms with Crippen LogP contribution in [0.25, 0.3) is 6.08 Å². The van der Waals surface area contributed by atoms with Crippen LogP contribution in [0.1, 0.15) is 19.4 Å². The lowest BCUT2D eigenvalue weighted by Gasteiger charge is -2.36. The molecule has 0 atom stereocenters. The van der Waals surface area contributed by atoms with Crippen LogP contribution in [0, 0.1) is 0 Å². The fourth-order valence-corrected chi connectivity index (χ4v) is 3.95. The highest BCUT2D eigenvalue weighted by Gasteiger charge is 2.39. The van der Waals surface area contributed by atoms with Gasteiger partial charge in [-0.3, -0.25) is 19.4 Å². The molecule has 0 aliphatic carbocycles. The van der Waals surface area contributed by atoms with Crippen LogP contribution in [-0.4, -0.2) is 42.1 Å². The molecule has 0 N–H and O–H groups in total. The summed E-state index contributed by atoms with van der Waals surface area (Å²) < 4.78 is 10.9. The van der Waals surface area contributed by atoms with Crippen LogP contribution in [0.4, 0.5) is 5.69 Å². The third-order valence-corrected chi connectivity index (χ3v) is 5.52. The van der Waals surface area contributed by atoms with Gasteiger partial charge in [-0.2, -0.15) is 0 Å².